The van der Waals surface area contributed by atoms with Gasteiger partial charge >= 0.3 is 5.97 Å². The molecule has 5 nitrogen and oxygen atoms in total. The number of benzene rings is 1. The lowest BCUT2D eigenvalue weighted by Gasteiger charge is -2.34. The average molecular weight is 376 g/mol. The number of hydrogen-bond donors (Lipinski definition) is 0. The maximum Gasteiger partial charge on any atom is 0.320 e. The van der Waals surface area contributed by atoms with Crippen molar-refractivity contribution in [3.05, 3.63) is 34.3 Å². The second-order valence-electron chi connectivity index (χ2n) is 4.80. The van der Waals surface area contributed by atoms with Crippen LogP contribution >= 0.6 is 23.4 Å². The van der Waals surface area contributed by atoms with Gasteiger partial charge in [0.05, 0.1) is 19.4 Å². The van der Waals surface area contributed by atoms with Gasteiger partial charge in [-0.1, -0.05) is 28.1 Å². The largest absolute Gasteiger partial charge is 0.465 e. The molecule has 1 aromatic rings. The molecule has 1 aromatic carbocycles. The third-order valence-corrected chi connectivity index (χ3v) is 6.28. The van der Waals surface area contributed by atoms with E-state index in [4.69, 9.17) is 9.26 Å². The van der Waals surface area contributed by atoms with Crippen molar-refractivity contribution in [2.45, 2.75) is 19.5 Å². The molecule has 0 spiro atoms. The Morgan fingerprint density at radius 1 is 1.43 bits per heavy atom. The molecule has 0 N–H and O–H groups in total. The summed E-state index contributed by atoms with van der Waals surface area (Å²) in [5, 5.41) is 0. The molecule has 7 heteroatoms. The van der Waals surface area contributed by atoms with E-state index >= 15 is 0 Å². The molecular formula is C14H19BrNO4P. The summed E-state index contributed by atoms with van der Waals surface area (Å²) >= 11 is 3.37. The van der Waals surface area contributed by atoms with E-state index in [1.54, 1.807) is 11.6 Å². The summed E-state index contributed by atoms with van der Waals surface area (Å²) in [6.45, 7) is 3.15. The molecule has 0 aliphatic carbocycles. The van der Waals surface area contributed by atoms with Crippen molar-refractivity contribution < 1.29 is 18.6 Å². The van der Waals surface area contributed by atoms with Crippen LogP contribution in [0.1, 0.15) is 18.9 Å². The SMILES string of the molecule is CCOC(=O)CN1CCCOP1(=O)Cc1ccc(Br)cc1. The highest BCUT2D eigenvalue weighted by Gasteiger charge is 2.36. The zero-order chi connectivity index (χ0) is 15.3. The van der Waals surface area contributed by atoms with E-state index in [1.807, 2.05) is 24.3 Å². The van der Waals surface area contributed by atoms with Crippen LogP contribution in [0.2, 0.25) is 0 Å². The van der Waals surface area contributed by atoms with Crippen LogP contribution in [0, 0.1) is 0 Å². The van der Waals surface area contributed by atoms with Crippen LogP contribution in [0.3, 0.4) is 0 Å². The zero-order valence-electron chi connectivity index (χ0n) is 12.0. The van der Waals surface area contributed by atoms with Crippen LogP contribution in [-0.4, -0.2) is 36.9 Å². The smallest absolute Gasteiger partial charge is 0.320 e. The molecule has 0 bridgehead atoms. The highest BCUT2D eigenvalue weighted by atomic mass is 79.9. The standard InChI is InChI=1S/C14H19BrNO4P/c1-2-19-14(17)10-16-8-3-9-20-21(16,18)11-12-4-6-13(15)7-5-12/h4-7H,2-3,8-11H2,1H3. The third-order valence-electron chi connectivity index (χ3n) is 3.20. The van der Waals surface area contributed by atoms with E-state index in [0.717, 1.165) is 16.5 Å². The molecule has 1 heterocycles. The van der Waals surface area contributed by atoms with E-state index in [2.05, 4.69) is 15.9 Å². The molecule has 0 aromatic heterocycles. The molecule has 1 atom stereocenters. The fraction of sp³-hybridized carbons (Fsp3) is 0.500. The molecule has 0 amide bonds. The molecular weight excluding hydrogens is 357 g/mol. The predicted octanol–water partition coefficient (Wildman–Crippen LogP) is 3.43. The van der Waals surface area contributed by atoms with Gasteiger partial charge in [0.1, 0.15) is 6.54 Å². The number of esters is 1. The first-order valence-corrected chi connectivity index (χ1v) is 9.48. The first-order valence-electron chi connectivity index (χ1n) is 6.92. The minimum Gasteiger partial charge on any atom is -0.465 e. The Balaban J connectivity index is 2.10. The first kappa shape index (κ1) is 16.7. The summed E-state index contributed by atoms with van der Waals surface area (Å²) in [5.41, 5.74) is 0.928. The summed E-state index contributed by atoms with van der Waals surface area (Å²) in [6.07, 6.45) is 1.07. The van der Waals surface area contributed by atoms with E-state index in [9.17, 15) is 9.36 Å². The van der Waals surface area contributed by atoms with Crippen molar-refractivity contribution >= 4 is 29.4 Å². The third kappa shape index (κ3) is 4.65. The van der Waals surface area contributed by atoms with E-state index in [1.165, 1.54) is 0 Å². The molecule has 1 aliphatic heterocycles. The second kappa shape index (κ2) is 7.54. The molecule has 1 saturated heterocycles. The monoisotopic (exact) mass is 375 g/mol. The number of hydrogen-bond acceptors (Lipinski definition) is 4. The van der Waals surface area contributed by atoms with Crippen LogP contribution in [-0.2, 0) is 24.8 Å². The Morgan fingerprint density at radius 3 is 2.81 bits per heavy atom. The normalized spacial score (nSPS) is 23.0. The quantitative estimate of drug-likeness (QED) is 0.582. The average Bonchev–Trinajstić information content (AvgIpc) is 2.44. The summed E-state index contributed by atoms with van der Waals surface area (Å²) < 4.78 is 26.1. The van der Waals surface area contributed by atoms with Crippen LogP contribution in [0.4, 0.5) is 0 Å². The molecule has 0 radical (unpaired) electrons. The Kier molecular flexibility index (Phi) is 5.99. The lowest BCUT2D eigenvalue weighted by Crippen LogP contribution is -2.34. The van der Waals surface area contributed by atoms with Gasteiger partial charge in [-0.05, 0) is 31.0 Å². The molecule has 21 heavy (non-hydrogen) atoms. The highest BCUT2D eigenvalue weighted by molar-refractivity contribution is 9.10. The van der Waals surface area contributed by atoms with Gasteiger partial charge in [-0.25, -0.2) is 4.67 Å². The Morgan fingerprint density at radius 2 is 2.14 bits per heavy atom. The van der Waals surface area contributed by atoms with Gasteiger partial charge in [-0.2, -0.15) is 0 Å². The summed E-state index contributed by atoms with van der Waals surface area (Å²) in [7, 11) is -3.02. The first-order chi connectivity index (χ1) is 10.0. The number of nitrogens with zero attached hydrogens (tertiary/aromatic N) is 1. The van der Waals surface area contributed by atoms with Gasteiger partial charge in [0.2, 0.25) is 0 Å². The van der Waals surface area contributed by atoms with Gasteiger partial charge < -0.3 is 9.26 Å². The Labute approximate surface area is 133 Å². The molecule has 1 aliphatic rings. The van der Waals surface area contributed by atoms with Crippen LogP contribution in [0.5, 0.6) is 0 Å². The Bertz CT molecular complexity index is 534. The van der Waals surface area contributed by atoms with Crippen molar-refractivity contribution in [2.24, 2.45) is 0 Å². The topological polar surface area (TPSA) is 55.8 Å². The molecule has 1 unspecified atom stereocenters. The maximum absolute atomic E-state index is 13.0. The maximum atomic E-state index is 13.0. The van der Waals surface area contributed by atoms with Gasteiger partial charge in [0.25, 0.3) is 7.52 Å². The zero-order valence-corrected chi connectivity index (χ0v) is 14.4. The number of rotatable bonds is 5. The number of ether oxygens (including phenoxy) is 1. The van der Waals surface area contributed by atoms with Gasteiger partial charge in [-0.3, -0.25) is 9.36 Å². The van der Waals surface area contributed by atoms with Crippen LogP contribution in [0.25, 0.3) is 0 Å². The summed E-state index contributed by atoms with van der Waals surface area (Å²) in [6, 6.07) is 7.62. The van der Waals surface area contributed by atoms with Gasteiger partial charge in [0.15, 0.2) is 0 Å². The summed E-state index contributed by atoms with van der Waals surface area (Å²) in [4.78, 5) is 11.6. The molecule has 0 saturated carbocycles. The van der Waals surface area contributed by atoms with Crippen LogP contribution in [0.15, 0.2) is 28.7 Å². The van der Waals surface area contributed by atoms with E-state index < -0.39 is 7.52 Å². The minimum absolute atomic E-state index is 0.0155. The lowest BCUT2D eigenvalue weighted by molar-refractivity contribution is -0.143. The molecule has 2 rings (SSSR count). The fourth-order valence-corrected chi connectivity index (χ4v) is 4.78. The summed E-state index contributed by atoms with van der Waals surface area (Å²) in [5.74, 6) is -0.362. The Hall–Kier alpha value is -0.680. The van der Waals surface area contributed by atoms with Gasteiger partial charge in [0, 0.05) is 11.0 Å². The van der Waals surface area contributed by atoms with E-state index in [0.29, 0.717) is 25.9 Å². The van der Waals surface area contributed by atoms with Crippen LogP contribution < -0.4 is 0 Å². The fourth-order valence-electron chi connectivity index (χ4n) is 2.20. The van der Waals surface area contributed by atoms with Crippen molar-refractivity contribution in [3.63, 3.8) is 0 Å². The van der Waals surface area contributed by atoms with Crippen molar-refractivity contribution in [1.82, 2.24) is 4.67 Å². The predicted molar refractivity (Wildman–Crippen MR) is 84.2 cm³/mol. The van der Waals surface area contributed by atoms with Crippen molar-refractivity contribution in [3.8, 4) is 0 Å². The molecule has 116 valence electrons. The van der Waals surface area contributed by atoms with Crippen molar-refractivity contribution in [2.75, 3.05) is 26.3 Å². The lowest BCUT2D eigenvalue weighted by atomic mass is 10.2. The second-order valence-corrected chi connectivity index (χ2v) is 8.13. The minimum atomic E-state index is -3.02. The highest BCUT2D eigenvalue weighted by Crippen LogP contribution is 2.55. The molecule has 1 fully saturated rings. The number of carbonyl (C=O) groups excluding carboxylic acids is 1. The number of halogens is 1. The van der Waals surface area contributed by atoms with Crippen molar-refractivity contribution in [1.29, 1.82) is 0 Å². The van der Waals surface area contributed by atoms with E-state index in [-0.39, 0.29) is 12.5 Å². The van der Waals surface area contributed by atoms with Gasteiger partial charge in [-0.15, -0.1) is 0 Å². The number of carbonyl (C=O) groups is 1.